The minimum absolute atomic E-state index is 0.0174. The molecule has 8 atom stereocenters. The zero-order valence-corrected chi connectivity index (χ0v) is 39.3. The highest BCUT2D eigenvalue weighted by Gasteiger charge is 2.37. The standard InChI is InChI=1S/C43H74N14O9/c1-23(2)21-25(5)36(61)55-33(24(3)4)39(64)56-34(26(6)58)40(65)52-28(15-11-19-50-42(46)47)37(62)53-29(17-18-32(44)59)41(66)57(7)31(16-12-20-51-43(48)49)38(63)54-30(35(45)60)22-27-13-9-8-10-14-27/h8-10,13-14,23-26,28-31,33-34,58H,11-12,15-22H2,1-7H3,(H2,44,59)(H2,45,60)(H,52,65)(H,53,62)(H,54,63)(H,55,61)(H,56,64)(H4,46,47,50)(H4,48,49,51)/t25-,26+,28-,29-,30-,31-,33-,34-/m0/s1. The van der Waals surface area contributed by atoms with E-state index in [1.807, 2.05) is 13.8 Å². The normalized spacial score (nSPS) is 14.7. The number of benzene rings is 1. The third-order valence-corrected chi connectivity index (χ3v) is 10.4. The van der Waals surface area contributed by atoms with Gasteiger partial charge in [-0.15, -0.1) is 0 Å². The maximum atomic E-state index is 14.4. The van der Waals surface area contributed by atoms with Crippen molar-refractivity contribution in [3.8, 4) is 0 Å². The van der Waals surface area contributed by atoms with Crippen molar-refractivity contribution >= 4 is 59.2 Å². The van der Waals surface area contributed by atoms with Crippen molar-refractivity contribution in [2.24, 2.45) is 62.1 Å². The van der Waals surface area contributed by atoms with Gasteiger partial charge >= 0.3 is 0 Å². The molecule has 23 heteroatoms. The maximum Gasteiger partial charge on any atom is 0.245 e. The Morgan fingerprint density at radius 2 is 1.14 bits per heavy atom. The largest absolute Gasteiger partial charge is 0.391 e. The first-order valence-corrected chi connectivity index (χ1v) is 22.0. The number of nitrogens with one attached hydrogen (secondary N) is 5. The summed E-state index contributed by atoms with van der Waals surface area (Å²) in [5.41, 5.74) is 33.7. The van der Waals surface area contributed by atoms with Crippen molar-refractivity contribution in [2.45, 2.75) is 135 Å². The summed E-state index contributed by atoms with van der Waals surface area (Å²) in [6.45, 7) is 10.4. The molecule has 8 amide bonds. The summed E-state index contributed by atoms with van der Waals surface area (Å²) in [6, 6.07) is 0.611. The molecular weight excluding hydrogens is 857 g/mol. The van der Waals surface area contributed by atoms with Crippen LogP contribution in [0.2, 0.25) is 0 Å². The van der Waals surface area contributed by atoms with Gasteiger partial charge in [0, 0.05) is 38.9 Å². The van der Waals surface area contributed by atoms with Gasteiger partial charge in [-0.2, -0.15) is 0 Å². The highest BCUT2D eigenvalue weighted by molar-refractivity contribution is 5.97. The van der Waals surface area contributed by atoms with Gasteiger partial charge in [-0.05, 0) is 62.8 Å². The molecule has 0 aliphatic rings. The first-order valence-electron chi connectivity index (χ1n) is 22.0. The van der Waals surface area contributed by atoms with Crippen molar-refractivity contribution in [1.82, 2.24) is 31.5 Å². The van der Waals surface area contributed by atoms with Gasteiger partial charge in [0.2, 0.25) is 47.3 Å². The molecule has 0 aromatic heterocycles. The van der Waals surface area contributed by atoms with Crippen LogP contribution in [0.4, 0.5) is 0 Å². The Hall–Kier alpha value is -6.52. The van der Waals surface area contributed by atoms with Crippen LogP contribution in [0.5, 0.6) is 0 Å². The number of aliphatic imine (C=N–C) groups is 2. The van der Waals surface area contributed by atoms with Gasteiger partial charge in [0.05, 0.1) is 6.10 Å². The number of likely N-dealkylation sites (N-methyl/N-ethyl adjacent to an activating group) is 1. The van der Waals surface area contributed by atoms with E-state index < -0.39 is 102 Å². The van der Waals surface area contributed by atoms with Crippen LogP contribution >= 0.6 is 0 Å². The van der Waals surface area contributed by atoms with Crippen LogP contribution in [-0.4, -0.2) is 132 Å². The highest BCUT2D eigenvalue weighted by atomic mass is 16.3. The van der Waals surface area contributed by atoms with Gasteiger partial charge in [-0.1, -0.05) is 65.0 Å². The summed E-state index contributed by atoms with van der Waals surface area (Å²) in [7, 11) is 1.29. The van der Waals surface area contributed by atoms with Crippen molar-refractivity contribution < 1.29 is 43.5 Å². The number of guanidine groups is 2. The Morgan fingerprint density at radius 1 is 0.621 bits per heavy atom. The van der Waals surface area contributed by atoms with E-state index in [0.29, 0.717) is 12.0 Å². The Bertz CT molecular complexity index is 1840. The van der Waals surface area contributed by atoms with Gasteiger partial charge in [-0.3, -0.25) is 48.3 Å². The molecule has 0 spiro atoms. The summed E-state index contributed by atoms with van der Waals surface area (Å²) < 4.78 is 0. The fourth-order valence-corrected chi connectivity index (χ4v) is 6.88. The lowest BCUT2D eigenvalue weighted by molar-refractivity contribution is -0.143. The molecule has 18 N–H and O–H groups in total. The van der Waals surface area contributed by atoms with E-state index in [2.05, 4.69) is 36.6 Å². The molecule has 0 saturated heterocycles. The topological polar surface area (TPSA) is 401 Å². The number of carbonyl (C=O) groups is 8. The first-order chi connectivity index (χ1) is 30.8. The number of carbonyl (C=O) groups excluding carboxylic acids is 8. The average molecular weight is 931 g/mol. The van der Waals surface area contributed by atoms with E-state index in [0.717, 1.165) is 4.90 Å². The van der Waals surface area contributed by atoms with Crippen LogP contribution in [0.3, 0.4) is 0 Å². The molecule has 1 aromatic rings. The molecule has 23 nitrogen and oxygen atoms in total. The molecular formula is C43H74N14O9. The van der Waals surface area contributed by atoms with Crippen molar-refractivity contribution in [3.63, 3.8) is 0 Å². The molecule has 1 rings (SSSR count). The lowest BCUT2D eigenvalue weighted by Gasteiger charge is -2.32. The van der Waals surface area contributed by atoms with E-state index in [1.54, 1.807) is 51.1 Å². The molecule has 0 aliphatic heterocycles. The van der Waals surface area contributed by atoms with E-state index in [4.69, 9.17) is 34.4 Å². The third-order valence-electron chi connectivity index (χ3n) is 10.4. The predicted octanol–water partition coefficient (Wildman–Crippen LogP) is -2.94. The van der Waals surface area contributed by atoms with E-state index in [1.165, 1.54) is 14.0 Å². The van der Waals surface area contributed by atoms with E-state index >= 15 is 0 Å². The van der Waals surface area contributed by atoms with Gasteiger partial charge < -0.3 is 71.0 Å². The first kappa shape index (κ1) is 57.5. The van der Waals surface area contributed by atoms with Crippen molar-refractivity contribution in [1.29, 1.82) is 0 Å². The molecule has 0 heterocycles. The van der Waals surface area contributed by atoms with Crippen LogP contribution in [0, 0.1) is 17.8 Å². The second-order valence-electron chi connectivity index (χ2n) is 17.1. The summed E-state index contributed by atoms with van der Waals surface area (Å²) in [5.74, 6) is -7.39. The van der Waals surface area contributed by atoms with Crippen LogP contribution in [0.15, 0.2) is 40.3 Å². The molecule has 0 fully saturated rings. The number of primary amides is 2. The fourth-order valence-electron chi connectivity index (χ4n) is 6.88. The molecule has 0 radical (unpaired) electrons. The minimum Gasteiger partial charge on any atom is -0.391 e. The zero-order valence-electron chi connectivity index (χ0n) is 39.3. The van der Waals surface area contributed by atoms with Gasteiger partial charge in [0.25, 0.3) is 0 Å². The molecule has 0 aliphatic carbocycles. The second-order valence-corrected chi connectivity index (χ2v) is 17.1. The summed E-state index contributed by atoms with van der Waals surface area (Å²) in [5, 5.41) is 23.7. The monoisotopic (exact) mass is 931 g/mol. The molecule has 0 bridgehead atoms. The van der Waals surface area contributed by atoms with Crippen molar-refractivity contribution in [2.75, 3.05) is 20.1 Å². The molecule has 1 aromatic carbocycles. The van der Waals surface area contributed by atoms with Crippen LogP contribution in [0.25, 0.3) is 0 Å². The Kier molecular flexibility index (Phi) is 25.4. The number of hydrogen-bond donors (Lipinski definition) is 12. The minimum atomic E-state index is -1.63. The third kappa shape index (κ3) is 21.4. The number of aliphatic hydroxyl groups excluding tert-OH is 1. The number of nitrogens with zero attached hydrogens (tertiary/aromatic N) is 3. The summed E-state index contributed by atoms with van der Waals surface area (Å²) in [6.07, 6.45) is -1.51. The van der Waals surface area contributed by atoms with E-state index in [9.17, 15) is 43.5 Å². The smallest absolute Gasteiger partial charge is 0.245 e. The molecule has 370 valence electrons. The molecule has 0 saturated carbocycles. The van der Waals surface area contributed by atoms with Crippen LogP contribution < -0.4 is 61.0 Å². The number of aliphatic hydroxyl groups is 1. The maximum absolute atomic E-state index is 14.4. The van der Waals surface area contributed by atoms with Crippen LogP contribution in [0.1, 0.15) is 92.1 Å². The Balaban J connectivity index is 3.55. The van der Waals surface area contributed by atoms with Crippen molar-refractivity contribution in [3.05, 3.63) is 35.9 Å². The van der Waals surface area contributed by atoms with Gasteiger partial charge in [0.15, 0.2) is 11.9 Å². The summed E-state index contributed by atoms with van der Waals surface area (Å²) >= 11 is 0. The number of hydrogen-bond acceptors (Lipinski definition) is 11. The Labute approximate surface area is 386 Å². The highest BCUT2D eigenvalue weighted by Crippen LogP contribution is 2.15. The lowest BCUT2D eigenvalue weighted by atomic mass is 9.96. The molecule has 66 heavy (non-hydrogen) atoms. The van der Waals surface area contributed by atoms with Crippen LogP contribution in [-0.2, 0) is 44.8 Å². The number of amides is 8. The predicted molar refractivity (Wildman–Crippen MR) is 249 cm³/mol. The summed E-state index contributed by atoms with van der Waals surface area (Å²) in [4.78, 5) is 116. The molecule has 0 unspecified atom stereocenters. The quantitative estimate of drug-likeness (QED) is 0.0209. The Morgan fingerprint density at radius 3 is 1.64 bits per heavy atom. The van der Waals surface area contributed by atoms with Gasteiger partial charge in [0.1, 0.15) is 36.3 Å². The fraction of sp³-hybridized carbons (Fsp3) is 0.628. The SMILES string of the molecule is CC(C)C[C@H](C)C(=O)N[C@H](C(=O)N[C@H](C(=O)N[C@@H](CCCN=C(N)N)C(=O)N[C@@H](CCC(N)=O)C(=O)N(C)[C@@H](CCCN=C(N)N)C(=O)N[C@@H](Cc1ccccc1)C(N)=O)[C@@H](C)O)C(C)C. The number of rotatable bonds is 30. The average Bonchev–Trinajstić information content (AvgIpc) is 3.22. The second kappa shape index (κ2) is 29.1. The van der Waals surface area contributed by atoms with Gasteiger partial charge in [-0.25, -0.2) is 0 Å². The zero-order chi connectivity index (χ0) is 50.3. The van der Waals surface area contributed by atoms with E-state index in [-0.39, 0.29) is 75.4 Å². The lowest BCUT2D eigenvalue weighted by Crippen LogP contribution is -2.62. The number of nitrogens with two attached hydrogens (primary N) is 6.